The number of rotatable bonds is 6. The predicted octanol–water partition coefficient (Wildman–Crippen LogP) is 2.10. The molecule has 0 aliphatic carbocycles. The number of benzene rings is 1. The Morgan fingerprint density at radius 1 is 1.19 bits per heavy atom. The highest BCUT2D eigenvalue weighted by atomic mass is 16.3. The van der Waals surface area contributed by atoms with E-state index in [9.17, 15) is 14.4 Å². The maximum atomic E-state index is 12.8. The number of hydrogen-bond donors (Lipinski definition) is 1. The number of urea groups is 1. The smallest absolute Gasteiger partial charge is 0.325 e. The van der Waals surface area contributed by atoms with Gasteiger partial charge in [-0.25, -0.2) is 4.79 Å². The first-order valence-corrected chi connectivity index (χ1v) is 8.45. The van der Waals surface area contributed by atoms with Crippen molar-refractivity contribution < 1.29 is 18.8 Å². The number of carbonyl (C=O) groups excluding carboxylic acids is 3. The molecule has 1 aliphatic heterocycles. The molecule has 26 heavy (non-hydrogen) atoms. The largest absolute Gasteiger partial charge is 0.466 e. The molecule has 1 saturated heterocycles. The average Bonchev–Trinajstić information content (AvgIpc) is 3.25. The summed E-state index contributed by atoms with van der Waals surface area (Å²) in [4.78, 5) is 40.2. The summed E-state index contributed by atoms with van der Waals surface area (Å²) in [6, 6.07) is 12.2. The van der Waals surface area contributed by atoms with Crippen LogP contribution in [0.4, 0.5) is 4.79 Å². The first-order valence-electron chi connectivity index (χ1n) is 8.45. The molecule has 7 heteroatoms. The summed E-state index contributed by atoms with van der Waals surface area (Å²) in [6.45, 7) is 4.03. The zero-order chi connectivity index (χ0) is 18.7. The van der Waals surface area contributed by atoms with Crippen LogP contribution in [0.5, 0.6) is 0 Å². The lowest BCUT2D eigenvalue weighted by Gasteiger charge is -2.24. The third kappa shape index (κ3) is 3.20. The first-order chi connectivity index (χ1) is 12.5. The zero-order valence-corrected chi connectivity index (χ0v) is 14.8. The van der Waals surface area contributed by atoms with Crippen molar-refractivity contribution in [2.75, 3.05) is 13.1 Å². The molecule has 7 nitrogen and oxygen atoms in total. The second-order valence-electron chi connectivity index (χ2n) is 6.32. The van der Waals surface area contributed by atoms with Gasteiger partial charge in [0.1, 0.15) is 12.3 Å². The SMILES string of the molecule is CCN(Cc1ccccc1)C(=O)CN1C(=O)NC(C)(c2ccco2)C1=O. The topological polar surface area (TPSA) is 82.9 Å². The van der Waals surface area contributed by atoms with Gasteiger partial charge in [0.15, 0.2) is 5.54 Å². The van der Waals surface area contributed by atoms with Crippen molar-refractivity contribution >= 4 is 17.8 Å². The van der Waals surface area contributed by atoms with Crippen molar-refractivity contribution in [1.29, 1.82) is 0 Å². The van der Waals surface area contributed by atoms with E-state index in [1.54, 1.807) is 24.0 Å². The number of nitrogens with one attached hydrogen (secondary N) is 1. The summed E-state index contributed by atoms with van der Waals surface area (Å²) in [5.41, 5.74) is -0.308. The fourth-order valence-electron chi connectivity index (χ4n) is 2.99. The van der Waals surface area contributed by atoms with E-state index in [4.69, 9.17) is 4.42 Å². The normalized spacial score (nSPS) is 19.5. The van der Waals surface area contributed by atoms with Crippen LogP contribution in [-0.4, -0.2) is 40.7 Å². The van der Waals surface area contributed by atoms with Crippen LogP contribution in [0.15, 0.2) is 53.1 Å². The van der Waals surface area contributed by atoms with Gasteiger partial charge in [0.25, 0.3) is 5.91 Å². The van der Waals surface area contributed by atoms with Gasteiger partial charge in [0, 0.05) is 13.1 Å². The van der Waals surface area contributed by atoms with E-state index in [1.165, 1.54) is 6.26 Å². The number of furan rings is 1. The van der Waals surface area contributed by atoms with E-state index in [0.717, 1.165) is 10.5 Å². The first kappa shape index (κ1) is 17.7. The highest BCUT2D eigenvalue weighted by Gasteiger charge is 2.51. The summed E-state index contributed by atoms with van der Waals surface area (Å²) in [6.07, 6.45) is 1.44. The number of imide groups is 1. The number of hydrogen-bond acceptors (Lipinski definition) is 4. The molecule has 0 spiro atoms. The maximum Gasteiger partial charge on any atom is 0.325 e. The highest BCUT2D eigenvalue weighted by molar-refractivity contribution is 6.08. The maximum absolute atomic E-state index is 12.8. The van der Waals surface area contributed by atoms with Crippen molar-refractivity contribution in [2.24, 2.45) is 0 Å². The Hall–Kier alpha value is -3.09. The van der Waals surface area contributed by atoms with Crippen LogP contribution in [0.3, 0.4) is 0 Å². The van der Waals surface area contributed by atoms with Gasteiger partial charge in [0.2, 0.25) is 5.91 Å². The molecular formula is C19H21N3O4. The van der Waals surface area contributed by atoms with Crippen LogP contribution >= 0.6 is 0 Å². The Bertz CT molecular complexity index is 803. The number of nitrogens with zero attached hydrogens (tertiary/aromatic N) is 2. The van der Waals surface area contributed by atoms with E-state index < -0.39 is 17.5 Å². The third-order valence-corrected chi connectivity index (χ3v) is 4.53. The lowest BCUT2D eigenvalue weighted by atomic mass is 9.99. The molecule has 1 unspecified atom stereocenters. The Morgan fingerprint density at radius 2 is 1.92 bits per heavy atom. The molecule has 1 aromatic carbocycles. The fourth-order valence-corrected chi connectivity index (χ4v) is 2.99. The van der Waals surface area contributed by atoms with E-state index in [0.29, 0.717) is 18.8 Å². The Labute approximate surface area is 151 Å². The molecule has 3 rings (SSSR count). The molecule has 0 saturated carbocycles. The lowest BCUT2D eigenvalue weighted by Crippen LogP contribution is -2.44. The highest BCUT2D eigenvalue weighted by Crippen LogP contribution is 2.29. The molecule has 1 aliphatic rings. The number of likely N-dealkylation sites (N-methyl/N-ethyl adjacent to an activating group) is 1. The predicted molar refractivity (Wildman–Crippen MR) is 93.8 cm³/mol. The Morgan fingerprint density at radius 3 is 2.54 bits per heavy atom. The molecule has 1 N–H and O–H groups in total. The van der Waals surface area contributed by atoms with Crippen molar-refractivity contribution in [3.8, 4) is 0 Å². The van der Waals surface area contributed by atoms with Gasteiger partial charge in [-0.2, -0.15) is 0 Å². The molecular weight excluding hydrogens is 334 g/mol. The Kier molecular flexibility index (Phi) is 4.79. The van der Waals surface area contributed by atoms with Crippen LogP contribution in [0, 0.1) is 0 Å². The van der Waals surface area contributed by atoms with Crippen LogP contribution in [0.25, 0.3) is 0 Å². The van der Waals surface area contributed by atoms with Gasteiger partial charge in [-0.3, -0.25) is 14.5 Å². The summed E-state index contributed by atoms with van der Waals surface area (Å²) >= 11 is 0. The molecule has 1 aromatic heterocycles. The minimum atomic E-state index is -1.29. The van der Waals surface area contributed by atoms with E-state index in [1.807, 2.05) is 37.3 Å². The minimum Gasteiger partial charge on any atom is -0.466 e. The Balaban J connectivity index is 1.72. The van der Waals surface area contributed by atoms with Crippen LogP contribution in [-0.2, 0) is 21.7 Å². The van der Waals surface area contributed by atoms with E-state index >= 15 is 0 Å². The van der Waals surface area contributed by atoms with Crippen LogP contribution < -0.4 is 5.32 Å². The second-order valence-corrected chi connectivity index (χ2v) is 6.32. The van der Waals surface area contributed by atoms with Crippen molar-refractivity contribution in [1.82, 2.24) is 15.1 Å². The summed E-state index contributed by atoms with van der Waals surface area (Å²) in [7, 11) is 0. The minimum absolute atomic E-state index is 0.288. The lowest BCUT2D eigenvalue weighted by molar-refractivity contribution is -0.139. The number of amides is 4. The fraction of sp³-hybridized carbons (Fsp3) is 0.316. The monoisotopic (exact) mass is 355 g/mol. The molecule has 2 heterocycles. The second kappa shape index (κ2) is 7.03. The van der Waals surface area contributed by atoms with Gasteiger partial charge >= 0.3 is 6.03 Å². The molecule has 4 amide bonds. The quantitative estimate of drug-likeness (QED) is 0.805. The molecule has 0 bridgehead atoms. The molecule has 1 atom stereocenters. The number of carbonyl (C=O) groups is 3. The van der Waals surface area contributed by atoms with Crippen LogP contribution in [0.2, 0.25) is 0 Å². The van der Waals surface area contributed by atoms with Crippen molar-refractivity contribution in [2.45, 2.75) is 25.9 Å². The van der Waals surface area contributed by atoms with Gasteiger partial charge in [-0.15, -0.1) is 0 Å². The zero-order valence-electron chi connectivity index (χ0n) is 14.8. The molecule has 2 aromatic rings. The van der Waals surface area contributed by atoms with E-state index in [-0.39, 0.29) is 12.5 Å². The summed E-state index contributed by atoms with van der Waals surface area (Å²) < 4.78 is 5.28. The molecule has 136 valence electrons. The van der Waals surface area contributed by atoms with Gasteiger partial charge in [-0.1, -0.05) is 30.3 Å². The van der Waals surface area contributed by atoms with Crippen molar-refractivity contribution in [3.05, 3.63) is 60.1 Å². The van der Waals surface area contributed by atoms with Crippen molar-refractivity contribution in [3.63, 3.8) is 0 Å². The van der Waals surface area contributed by atoms with Crippen LogP contribution in [0.1, 0.15) is 25.2 Å². The van der Waals surface area contributed by atoms with E-state index in [2.05, 4.69) is 5.32 Å². The standard InChI is InChI=1S/C19H21N3O4/c1-3-21(12-14-8-5-4-6-9-14)16(23)13-22-17(24)19(2,20-18(22)25)15-10-7-11-26-15/h4-11H,3,12-13H2,1-2H3,(H,20,25). The van der Waals surface area contributed by atoms with Gasteiger partial charge in [0.05, 0.1) is 6.26 Å². The average molecular weight is 355 g/mol. The summed E-state index contributed by atoms with van der Waals surface area (Å²) in [5.74, 6) is -0.451. The summed E-state index contributed by atoms with van der Waals surface area (Å²) in [5, 5.41) is 2.62. The van der Waals surface area contributed by atoms with Gasteiger partial charge < -0.3 is 14.6 Å². The molecule has 1 fully saturated rings. The molecule has 0 radical (unpaired) electrons. The van der Waals surface area contributed by atoms with Gasteiger partial charge in [-0.05, 0) is 31.5 Å². The third-order valence-electron chi connectivity index (χ3n) is 4.53.